The minimum Gasteiger partial charge on any atom is -0.364 e. The summed E-state index contributed by atoms with van der Waals surface area (Å²) in [6.07, 6.45) is 5.03. The Hall–Kier alpha value is -2.24. The summed E-state index contributed by atoms with van der Waals surface area (Å²) in [6, 6.07) is 1.86. The van der Waals surface area contributed by atoms with Crippen molar-refractivity contribution in [1.29, 1.82) is 0 Å². The highest BCUT2D eigenvalue weighted by Crippen LogP contribution is 2.12. The zero-order valence-corrected chi connectivity index (χ0v) is 9.81. The van der Waals surface area contributed by atoms with E-state index < -0.39 is 0 Å². The topological polar surface area (TPSA) is 75.6 Å². The van der Waals surface area contributed by atoms with Gasteiger partial charge in [0.2, 0.25) is 5.95 Å². The van der Waals surface area contributed by atoms with Gasteiger partial charge in [-0.2, -0.15) is 4.98 Å². The van der Waals surface area contributed by atoms with Crippen LogP contribution < -0.4 is 10.6 Å². The van der Waals surface area contributed by atoms with Crippen molar-refractivity contribution in [2.75, 3.05) is 17.7 Å². The van der Waals surface area contributed by atoms with Gasteiger partial charge in [0.25, 0.3) is 0 Å². The second kappa shape index (κ2) is 5.20. The van der Waals surface area contributed by atoms with Gasteiger partial charge in [-0.3, -0.25) is 0 Å². The molecule has 0 radical (unpaired) electrons. The Labute approximate surface area is 99.6 Å². The lowest BCUT2D eigenvalue weighted by Gasteiger charge is -2.08. The standard InChI is InChI=1S/C11H14N6/c1-8-5-15-11(12-2)17-10(8)14-6-9-3-4-13-7-16-9/h3-5,7H,6H2,1-2H3,(H2,12,14,15,17). The first-order chi connectivity index (χ1) is 8.29. The van der Waals surface area contributed by atoms with E-state index in [2.05, 4.69) is 30.6 Å². The molecule has 2 aromatic rings. The van der Waals surface area contributed by atoms with Gasteiger partial charge in [0.05, 0.1) is 12.2 Å². The highest BCUT2D eigenvalue weighted by Gasteiger charge is 2.02. The van der Waals surface area contributed by atoms with Crippen molar-refractivity contribution in [3.63, 3.8) is 0 Å². The number of hydrogen-bond acceptors (Lipinski definition) is 6. The van der Waals surface area contributed by atoms with Crippen LogP contribution in [0.25, 0.3) is 0 Å². The maximum Gasteiger partial charge on any atom is 0.224 e. The molecular weight excluding hydrogens is 216 g/mol. The quantitative estimate of drug-likeness (QED) is 0.822. The van der Waals surface area contributed by atoms with Gasteiger partial charge in [0.1, 0.15) is 12.1 Å². The van der Waals surface area contributed by atoms with E-state index in [1.54, 1.807) is 19.4 Å². The minimum atomic E-state index is 0.598. The molecular formula is C11H14N6. The average Bonchev–Trinajstić information content (AvgIpc) is 2.39. The fourth-order valence-electron chi connectivity index (χ4n) is 1.34. The smallest absolute Gasteiger partial charge is 0.224 e. The molecule has 0 aliphatic rings. The first-order valence-corrected chi connectivity index (χ1v) is 5.30. The molecule has 88 valence electrons. The number of anilines is 2. The lowest BCUT2D eigenvalue weighted by Crippen LogP contribution is -2.07. The summed E-state index contributed by atoms with van der Waals surface area (Å²) in [4.78, 5) is 16.5. The van der Waals surface area contributed by atoms with Crippen LogP contribution in [0.3, 0.4) is 0 Å². The second-order valence-electron chi connectivity index (χ2n) is 3.53. The number of hydrogen-bond donors (Lipinski definition) is 2. The maximum absolute atomic E-state index is 4.33. The van der Waals surface area contributed by atoms with Crippen LogP contribution in [0.5, 0.6) is 0 Å². The van der Waals surface area contributed by atoms with Crippen molar-refractivity contribution in [2.45, 2.75) is 13.5 Å². The maximum atomic E-state index is 4.33. The van der Waals surface area contributed by atoms with Crippen molar-refractivity contribution < 1.29 is 0 Å². The minimum absolute atomic E-state index is 0.598. The highest BCUT2D eigenvalue weighted by atomic mass is 15.1. The molecule has 0 bridgehead atoms. The van der Waals surface area contributed by atoms with Crippen molar-refractivity contribution in [3.8, 4) is 0 Å². The van der Waals surface area contributed by atoms with Crippen LogP contribution in [-0.2, 0) is 6.54 Å². The Morgan fingerprint density at radius 2 is 2.18 bits per heavy atom. The number of rotatable bonds is 4. The summed E-state index contributed by atoms with van der Waals surface area (Å²) in [5, 5.41) is 6.13. The molecule has 0 aliphatic heterocycles. The van der Waals surface area contributed by atoms with Crippen LogP contribution in [0, 0.1) is 6.92 Å². The van der Waals surface area contributed by atoms with E-state index >= 15 is 0 Å². The van der Waals surface area contributed by atoms with Crippen molar-refractivity contribution in [3.05, 3.63) is 36.0 Å². The fraction of sp³-hybridized carbons (Fsp3) is 0.273. The van der Waals surface area contributed by atoms with Gasteiger partial charge in [0.15, 0.2) is 0 Å². The van der Waals surface area contributed by atoms with Gasteiger partial charge in [-0.25, -0.2) is 15.0 Å². The summed E-state index contributed by atoms with van der Waals surface area (Å²) < 4.78 is 0. The normalized spacial score (nSPS) is 10.0. The molecule has 2 heterocycles. The van der Waals surface area contributed by atoms with Gasteiger partial charge >= 0.3 is 0 Å². The Balaban J connectivity index is 2.08. The number of aryl methyl sites for hydroxylation is 1. The van der Waals surface area contributed by atoms with E-state index in [1.807, 2.05) is 13.0 Å². The van der Waals surface area contributed by atoms with Crippen LogP contribution >= 0.6 is 0 Å². The van der Waals surface area contributed by atoms with Crippen LogP contribution in [0.15, 0.2) is 24.8 Å². The number of nitrogens with one attached hydrogen (secondary N) is 2. The molecule has 2 aromatic heterocycles. The Bertz CT molecular complexity index is 485. The van der Waals surface area contributed by atoms with Crippen molar-refractivity contribution in [1.82, 2.24) is 19.9 Å². The third kappa shape index (κ3) is 2.87. The van der Waals surface area contributed by atoms with Gasteiger partial charge in [0, 0.05) is 25.0 Å². The molecule has 0 aliphatic carbocycles. The molecule has 2 N–H and O–H groups in total. The van der Waals surface area contributed by atoms with E-state index in [1.165, 1.54) is 6.33 Å². The predicted octanol–water partition coefficient (Wildman–Crippen LogP) is 1.23. The lowest BCUT2D eigenvalue weighted by atomic mass is 10.3. The van der Waals surface area contributed by atoms with E-state index in [9.17, 15) is 0 Å². The van der Waals surface area contributed by atoms with Crippen LogP contribution in [0.4, 0.5) is 11.8 Å². The van der Waals surface area contributed by atoms with Crippen LogP contribution in [0.1, 0.15) is 11.3 Å². The van der Waals surface area contributed by atoms with Crippen molar-refractivity contribution >= 4 is 11.8 Å². The summed E-state index contributed by atoms with van der Waals surface area (Å²) in [5.41, 5.74) is 1.92. The molecule has 0 saturated carbocycles. The first-order valence-electron chi connectivity index (χ1n) is 5.30. The Morgan fingerprint density at radius 3 is 2.88 bits per heavy atom. The molecule has 0 saturated heterocycles. The summed E-state index contributed by atoms with van der Waals surface area (Å²) in [5.74, 6) is 1.41. The zero-order valence-electron chi connectivity index (χ0n) is 9.81. The molecule has 6 heteroatoms. The van der Waals surface area contributed by atoms with E-state index in [0.29, 0.717) is 12.5 Å². The fourth-order valence-corrected chi connectivity index (χ4v) is 1.34. The van der Waals surface area contributed by atoms with Gasteiger partial charge in [-0.15, -0.1) is 0 Å². The van der Waals surface area contributed by atoms with E-state index in [4.69, 9.17) is 0 Å². The third-order valence-electron chi connectivity index (χ3n) is 2.28. The summed E-state index contributed by atoms with van der Waals surface area (Å²) in [6.45, 7) is 2.57. The number of aromatic nitrogens is 4. The summed E-state index contributed by atoms with van der Waals surface area (Å²) >= 11 is 0. The number of nitrogens with zero attached hydrogens (tertiary/aromatic N) is 4. The van der Waals surface area contributed by atoms with Gasteiger partial charge in [-0.05, 0) is 13.0 Å². The molecule has 6 nitrogen and oxygen atoms in total. The predicted molar refractivity (Wildman–Crippen MR) is 65.7 cm³/mol. The van der Waals surface area contributed by atoms with Gasteiger partial charge in [-0.1, -0.05) is 0 Å². The third-order valence-corrected chi connectivity index (χ3v) is 2.28. The van der Waals surface area contributed by atoms with E-state index in [0.717, 1.165) is 17.1 Å². The molecule has 0 fully saturated rings. The highest BCUT2D eigenvalue weighted by molar-refractivity contribution is 5.46. The largest absolute Gasteiger partial charge is 0.364 e. The molecule has 0 spiro atoms. The second-order valence-corrected chi connectivity index (χ2v) is 3.53. The molecule has 2 rings (SSSR count). The molecule has 17 heavy (non-hydrogen) atoms. The Kier molecular flexibility index (Phi) is 3.44. The lowest BCUT2D eigenvalue weighted by molar-refractivity contribution is 0.985. The molecule has 0 atom stereocenters. The van der Waals surface area contributed by atoms with Gasteiger partial charge < -0.3 is 10.6 Å². The monoisotopic (exact) mass is 230 g/mol. The zero-order chi connectivity index (χ0) is 12.1. The molecule has 0 unspecified atom stereocenters. The molecule has 0 aromatic carbocycles. The van der Waals surface area contributed by atoms with Crippen LogP contribution in [0.2, 0.25) is 0 Å². The summed E-state index contributed by atoms with van der Waals surface area (Å²) in [7, 11) is 1.79. The molecule has 0 amide bonds. The van der Waals surface area contributed by atoms with Crippen LogP contribution in [-0.4, -0.2) is 27.0 Å². The first kappa shape index (κ1) is 11.3. The SMILES string of the molecule is CNc1ncc(C)c(NCc2ccncn2)n1. The van der Waals surface area contributed by atoms with E-state index in [-0.39, 0.29) is 0 Å². The van der Waals surface area contributed by atoms with Crippen molar-refractivity contribution in [2.24, 2.45) is 0 Å². The Morgan fingerprint density at radius 1 is 1.29 bits per heavy atom. The average molecular weight is 230 g/mol.